The van der Waals surface area contributed by atoms with Crippen molar-refractivity contribution in [1.29, 1.82) is 0 Å². The Kier molecular flexibility index (Phi) is 1.66. The molecule has 0 amide bonds. The summed E-state index contributed by atoms with van der Waals surface area (Å²) < 4.78 is 1.75. The Labute approximate surface area is 80.4 Å². The first-order valence-corrected chi connectivity index (χ1v) is 4.24. The summed E-state index contributed by atoms with van der Waals surface area (Å²) in [6.07, 6.45) is 1.67. The van der Waals surface area contributed by atoms with Gasteiger partial charge in [-0.15, -0.1) is 0 Å². The van der Waals surface area contributed by atoms with Crippen LogP contribution in [0.25, 0.3) is 5.65 Å². The van der Waals surface area contributed by atoms with Gasteiger partial charge in [0.2, 0.25) is 0 Å². The highest BCUT2D eigenvalue weighted by molar-refractivity contribution is 6.29. The van der Waals surface area contributed by atoms with Gasteiger partial charge in [-0.1, -0.05) is 11.6 Å². The van der Waals surface area contributed by atoms with Crippen LogP contribution in [0.2, 0.25) is 5.15 Å². The Morgan fingerprint density at radius 3 is 2.69 bits per heavy atom. The molecule has 0 atom stereocenters. The van der Waals surface area contributed by atoms with Crippen LogP contribution in [0.3, 0.4) is 0 Å². The molecule has 2 N–H and O–H groups in total. The van der Waals surface area contributed by atoms with Crippen molar-refractivity contribution in [1.82, 2.24) is 14.4 Å². The number of halogens is 1. The van der Waals surface area contributed by atoms with E-state index in [2.05, 4.69) is 9.97 Å². The molecule has 0 aliphatic carbocycles. The van der Waals surface area contributed by atoms with Gasteiger partial charge in [0, 0.05) is 6.20 Å². The maximum Gasteiger partial charge on any atom is 0.160 e. The highest BCUT2D eigenvalue weighted by Crippen LogP contribution is 2.18. The van der Waals surface area contributed by atoms with E-state index in [1.807, 2.05) is 13.8 Å². The predicted molar refractivity (Wildman–Crippen MR) is 51.9 cm³/mol. The molecule has 0 aliphatic heterocycles. The van der Waals surface area contributed by atoms with Crippen LogP contribution in [0.15, 0.2) is 6.20 Å². The number of nitrogens with two attached hydrogens (primary N) is 1. The number of hydrogen-bond donors (Lipinski definition) is 1. The summed E-state index contributed by atoms with van der Waals surface area (Å²) in [5.74, 6) is 0.613. The number of aryl methyl sites for hydroxylation is 2. The van der Waals surface area contributed by atoms with E-state index in [4.69, 9.17) is 17.3 Å². The number of anilines is 1. The van der Waals surface area contributed by atoms with Crippen LogP contribution in [-0.2, 0) is 0 Å². The lowest BCUT2D eigenvalue weighted by atomic mass is 10.5. The number of aromatic nitrogens is 3. The zero-order valence-electron chi connectivity index (χ0n) is 7.37. The summed E-state index contributed by atoms with van der Waals surface area (Å²) in [7, 11) is 0. The van der Waals surface area contributed by atoms with Crippen LogP contribution in [-0.4, -0.2) is 14.4 Å². The molecule has 0 aromatic carbocycles. The number of nitrogens with zero attached hydrogens (tertiary/aromatic N) is 3. The normalized spacial score (nSPS) is 11.0. The molecule has 0 aliphatic rings. The number of imidazole rings is 1. The zero-order chi connectivity index (χ0) is 9.59. The van der Waals surface area contributed by atoms with Gasteiger partial charge in [0.25, 0.3) is 0 Å². The summed E-state index contributed by atoms with van der Waals surface area (Å²) in [6, 6.07) is 0. The monoisotopic (exact) mass is 196 g/mol. The Hall–Kier alpha value is -1.29. The minimum Gasteiger partial charge on any atom is -0.383 e. The molecule has 0 unspecified atom stereocenters. The first-order valence-electron chi connectivity index (χ1n) is 3.87. The summed E-state index contributed by atoms with van der Waals surface area (Å²) in [5, 5.41) is 0.425. The third-order valence-electron chi connectivity index (χ3n) is 1.97. The standard InChI is InChI=1S/C8H9ClN4/c1-4-7(10)13-3-6(9)11-5(2)8(13)12-4/h3H,10H2,1-2H3. The molecule has 0 radical (unpaired) electrons. The molecule has 4 nitrogen and oxygen atoms in total. The molecule has 13 heavy (non-hydrogen) atoms. The van der Waals surface area contributed by atoms with Crippen LogP contribution in [0.5, 0.6) is 0 Å². The minimum atomic E-state index is 0.425. The Morgan fingerprint density at radius 2 is 2.00 bits per heavy atom. The van der Waals surface area contributed by atoms with Crippen molar-refractivity contribution in [2.24, 2.45) is 0 Å². The summed E-state index contributed by atoms with van der Waals surface area (Å²) in [6.45, 7) is 3.71. The lowest BCUT2D eigenvalue weighted by Crippen LogP contribution is -1.96. The predicted octanol–water partition coefficient (Wildman–Crippen LogP) is 1.58. The summed E-state index contributed by atoms with van der Waals surface area (Å²) in [5.41, 5.74) is 8.14. The third-order valence-corrected chi connectivity index (χ3v) is 2.15. The molecule has 0 spiro atoms. The van der Waals surface area contributed by atoms with E-state index in [0.717, 1.165) is 17.0 Å². The lowest BCUT2D eigenvalue weighted by Gasteiger charge is -1.99. The Morgan fingerprint density at radius 1 is 1.31 bits per heavy atom. The fourth-order valence-electron chi connectivity index (χ4n) is 1.29. The molecule has 0 fully saturated rings. The highest BCUT2D eigenvalue weighted by atomic mass is 35.5. The van der Waals surface area contributed by atoms with E-state index >= 15 is 0 Å². The third kappa shape index (κ3) is 1.14. The van der Waals surface area contributed by atoms with Crippen LogP contribution < -0.4 is 5.73 Å². The quantitative estimate of drug-likeness (QED) is 0.696. The van der Waals surface area contributed by atoms with Gasteiger partial charge in [0.15, 0.2) is 5.65 Å². The van der Waals surface area contributed by atoms with Crippen molar-refractivity contribution in [2.75, 3.05) is 5.73 Å². The fraction of sp³-hybridized carbons (Fsp3) is 0.250. The second-order valence-electron chi connectivity index (χ2n) is 2.93. The summed E-state index contributed by atoms with van der Waals surface area (Å²) in [4.78, 5) is 8.35. The van der Waals surface area contributed by atoms with E-state index in [1.165, 1.54) is 0 Å². The van der Waals surface area contributed by atoms with Crippen molar-refractivity contribution in [3.05, 3.63) is 22.7 Å². The van der Waals surface area contributed by atoms with E-state index in [0.29, 0.717) is 11.0 Å². The highest BCUT2D eigenvalue weighted by Gasteiger charge is 2.08. The van der Waals surface area contributed by atoms with E-state index in [1.54, 1.807) is 10.6 Å². The van der Waals surface area contributed by atoms with Gasteiger partial charge in [0.05, 0.1) is 11.4 Å². The first kappa shape index (κ1) is 8.31. The molecule has 2 heterocycles. The van der Waals surface area contributed by atoms with Crippen molar-refractivity contribution in [2.45, 2.75) is 13.8 Å². The maximum absolute atomic E-state index is 5.79. The van der Waals surface area contributed by atoms with Gasteiger partial charge in [-0.05, 0) is 13.8 Å². The fourth-order valence-corrected chi connectivity index (χ4v) is 1.51. The molecule has 2 aromatic rings. The molecule has 2 aromatic heterocycles. The van der Waals surface area contributed by atoms with Crippen LogP contribution in [0, 0.1) is 13.8 Å². The van der Waals surface area contributed by atoms with Gasteiger partial charge >= 0.3 is 0 Å². The molecular formula is C8H9ClN4. The second kappa shape index (κ2) is 2.60. The smallest absolute Gasteiger partial charge is 0.160 e. The molecule has 68 valence electrons. The molecule has 0 bridgehead atoms. The molecule has 5 heteroatoms. The Bertz CT molecular complexity index is 474. The van der Waals surface area contributed by atoms with Crippen molar-refractivity contribution < 1.29 is 0 Å². The van der Waals surface area contributed by atoms with Crippen LogP contribution in [0.4, 0.5) is 5.82 Å². The topological polar surface area (TPSA) is 56.2 Å². The zero-order valence-corrected chi connectivity index (χ0v) is 8.13. The van der Waals surface area contributed by atoms with Crippen molar-refractivity contribution in [3.63, 3.8) is 0 Å². The number of rotatable bonds is 0. The van der Waals surface area contributed by atoms with Gasteiger partial charge in [0.1, 0.15) is 11.0 Å². The Balaban J connectivity index is 2.94. The van der Waals surface area contributed by atoms with Gasteiger partial charge in [-0.3, -0.25) is 4.40 Å². The van der Waals surface area contributed by atoms with E-state index in [-0.39, 0.29) is 0 Å². The van der Waals surface area contributed by atoms with Crippen molar-refractivity contribution in [3.8, 4) is 0 Å². The number of fused-ring (bicyclic) bond motifs is 1. The van der Waals surface area contributed by atoms with Crippen LogP contribution in [0.1, 0.15) is 11.4 Å². The first-order chi connectivity index (χ1) is 6.09. The summed E-state index contributed by atoms with van der Waals surface area (Å²) >= 11 is 5.79. The molecule has 2 rings (SSSR count). The van der Waals surface area contributed by atoms with Crippen LogP contribution >= 0.6 is 11.6 Å². The van der Waals surface area contributed by atoms with Gasteiger partial charge in [-0.25, -0.2) is 9.97 Å². The lowest BCUT2D eigenvalue weighted by molar-refractivity contribution is 1.08. The van der Waals surface area contributed by atoms with Gasteiger partial charge in [-0.2, -0.15) is 0 Å². The van der Waals surface area contributed by atoms with Gasteiger partial charge < -0.3 is 5.73 Å². The van der Waals surface area contributed by atoms with E-state index < -0.39 is 0 Å². The largest absolute Gasteiger partial charge is 0.383 e. The van der Waals surface area contributed by atoms with E-state index in [9.17, 15) is 0 Å². The van der Waals surface area contributed by atoms with Crippen molar-refractivity contribution >= 4 is 23.1 Å². The average molecular weight is 197 g/mol. The number of nitrogen functional groups attached to an aromatic ring is 1. The molecule has 0 saturated heterocycles. The maximum atomic E-state index is 5.79. The SMILES string of the molecule is Cc1nc2c(C)nc(Cl)cn2c1N. The second-order valence-corrected chi connectivity index (χ2v) is 3.31. The average Bonchev–Trinajstić information content (AvgIpc) is 2.32. The minimum absolute atomic E-state index is 0.425. The number of hydrogen-bond acceptors (Lipinski definition) is 3. The molecular weight excluding hydrogens is 188 g/mol. The molecule has 0 saturated carbocycles.